The summed E-state index contributed by atoms with van der Waals surface area (Å²) in [6.07, 6.45) is -4.17. The molecule has 18 N–H and O–H groups in total. The summed E-state index contributed by atoms with van der Waals surface area (Å²) in [6, 6.07) is 0. The van der Waals surface area contributed by atoms with Crippen molar-refractivity contribution in [1.82, 2.24) is 29.5 Å². The highest BCUT2D eigenvalue weighted by molar-refractivity contribution is 7.52. The van der Waals surface area contributed by atoms with Gasteiger partial charge in [0.2, 0.25) is 0 Å². The second-order valence-corrected chi connectivity index (χ2v) is 7.60. The molecule has 0 heterocycles. The molecule has 0 radical (unpaired) electrons. The van der Waals surface area contributed by atoms with E-state index in [9.17, 15) is 33.3 Å². The molecule has 20 heavy (non-hydrogen) atoms. The van der Waals surface area contributed by atoms with E-state index in [2.05, 4.69) is 0 Å². The lowest BCUT2D eigenvalue weighted by Crippen LogP contribution is -2.36. The molecule has 130 valence electrons. The predicted molar refractivity (Wildman–Crippen MR) is 67.6 cm³/mol. The van der Waals surface area contributed by atoms with Gasteiger partial charge in [-0.1, -0.05) is 15.2 Å². The lowest BCUT2D eigenvalue weighted by Gasteiger charge is -2.40. The minimum absolute atomic E-state index is 0. The molecule has 0 aromatic heterocycles. The first kappa shape index (κ1) is 32.3. The average Bonchev–Trinajstić information content (AvgIpc) is 1.70. The van der Waals surface area contributed by atoms with Gasteiger partial charge >= 0.3 is 7.60 Å². The van der Waals surface area contributed by atoms with Crippen LogP contribution in [0.5, 0.6) is 0 Å². The molecule has 0 atom stereocenters. The fourth-order valence-corrected chi connectivity index (χ4v) is 3.46. The second kappa shape index (κ2) is 10.9. The van der Waals surface area contributed by atoms with Crippen LogP contribution in [0.25, 0.3) is 0 Å². The van der Waals surface area contributed by atoms with E-state index in [0.29, 0.717) is 0 Å². The zero-order valence-electron chi connectivity index (χ0n) is 11.7. The Morgan fingerprint density at radius 1 is 0.700 bits per heavy atom. The van der Waals surface area contributed by atoms with Crippen LogP contribution in [-0.2, 0) is 13.7 Å². The summed E-state index contributed by atoms with van der Waals surface area (Å²) in [4.78, 5) is 58.2. The van der Waals surface area contributed by atoms with E-state index in [1.165, 1.54) is 0 Å². The van der Waals surface area contributed by atoms with Crippen molar-refractivity contribution in [3.63, 3.8) is 0 Å². The monoisotopic (exact) mass is 367 g/mol. The van der Waals surface area contributed by atoms with Gasteiger partial charge in [-0.3, -0.25) is 9.46 Å². The number of hydrogen-bond donors (Lipinski definition) is 6. The molecular formula is C3H24N5O9P3. The van der Waals surface area contributed by atoms with E-state index < -0.39 is 41.6 Å². The van der Waals surface area contributed by atoms with Gasteiger partial charge in [-0.25, -0.2) is 0 Å². The summed E-state index contributed by atoms with van der Waals surface area (Å²) >= 11 is 0. The first-order valence-corrected chi connectivity index (χ1v) is 8.83. The molecule has 0 unspecified atom stereocenters. The number of nitrogens with zero attached hydrogens (tertiary/aromatic N) is 1. The summed E-state index contributed by atoms with van der Waals surface area (Å²) in [7, 11) is -15.2. The van der Waals surface area contributed by atoms with Crippen molar-refractivity contribution in [3.8, 4) is 0 Å². The van der Waals surface area contributed by atoms with E-state index in [0.717, 1.165) is 0 Å². The standard InChI is InChI=1S/C3H12NO9P3.4H3N/c5-14(6,7)1-4(2-15(8,9)10)3-16(11,12)13;;;;/h1-3H2,(H2,5,6,7)(H2,8,9,10)(H2,11,12,13);4*1H3. The van der Waals surface area contributed by atoms with Crippen molar-refractivity contribution in [3.05, 3.63) is 0 Å². The molecule has 0 fully saturated rings. The Labute approximate surface area is 115 Å². The maximum atomic E-state index is 10.5. The lowest BCUT2D eigenvalue weighted by atomic mass is 11.0. The van der Waals surface area contributed by atoms with Gasteiger partial charge in [0.25, 0.3) is 0 Å². The Kier molecular flexibility index (Phi) is 17.6. The maximum Gasteiger partial charge on any atom is 0.339 e. The van der Waals surface area contributed by atoms with E-state index >= 15 is 0 Å². The third kappa shape index (κ3) is 23.4. The van der Waals surface area contributed by atoms with Crippen molar-refractivity contribution < 1.29 is 43.1 Å². The molecule has 0 aliphatic carbocycles. The third-order valence-corrected chi connectivity index (χ3v) is 3.39. The highest BCUT2D eigenvalue weighted by atomic mass is 31.2. The zero-order chi connectivity index (χ0) is 13.2. The van der Waals surface area contributed by atoms with E-state index in [4.69, 9.17) is 9.79 Å². The van der Waals surface area contributed by atoms with Gasteiger partial charge in [-0.15, -0.1) is 0 Å². The molecule has 0 spiro atoms. The molecule has 0 rings (SSSR count). The van der Waals surface area contributed by atoms with Gasteiger partial charge < -0.3 is 63.1 Å². The molecule has 0 aromatic carbocycles. The van der Waals surface area contributed by atoms with Gasteiger partial charge in [-0.05, 0) is 0 Å². The number of quaternary nitrogens is 4. The van der Waals surface area contributed by atoms with Crippen LogP contribution in [0.1, 0.15) is 0 Å². The Morgan fingerprint density at radius 3 is 1.10 bits per heavy atom. The van der Waals surface area contributed by atoms with Crippen LogP contribution < -0.4 is 44.2 Å². The van der Waals surface area contributed by atoms with Crippen LogP contribution in [0.3, 0.4) is 0 Å². The lowest BCUT2D eigenvalue weighted by molar-refractivity contribution is -0.317. The molecule has 0 amide bonds. The Balaban J connectivity index is -0.000000187. The molecule has 0 saturated heterocycles. The van der Waals surface area contributed by atoms with Crippen molar-refractivity contribution >= 4 is 22.8 Å². The predicted octanol–water partition coefficient (Wildman–Crippen LogP) is -2.33. The molecular weight excluding hydrogens is 343 g/mol. The summed E-state index contributed by atoms with van der Waals surface area (Å²) in [5, 5.41) is 0. The molecule has 0 bridgehead atoms. The van der Waals surface area contributed by atoms with Gasteiger partial charge in [0.1, 0.15) is 6.29 Å². The van der Waals surface area contributed by atoms with E-state index in [1.807, 2.05) is 0 Å². The van der Waals surface area contributed by atoms with Crippen LogP contribution in [0.15, 0.2) is 0 Å². The van der Waals surface area contributed by atoms with Crippen molar-refractivity contribution in [2.75, 3.05) is 18.9 Å². The smallest absolute Gasteiger partial charge is 0.339 e. The summed E-state index contributed by atoms with van der Waals surface area (Å²) in [6.45, 7) is 0. The summed E-state index contributed by atoms with van der Waals surface area (Å²) in [5.41, 5.74) is 0. The van der Waals surface area contributed by atoms with E-state index in [1.54, 1.807) is 0 Å². The summed E-state index contributed by atoms with van der Waals surface area (Å²) < 4.78 is 31.1. The topological polar surface area (TPSA) is 333 Å². The SMILES string of the molecule is O=P([O-])([O-])CN(CP(=O)([O-])[O-])CP(=O)(O)O.[NH4+].[NH4+].[NH4+].[NH4+]. The van der Waals surface area contributed by atoms with Gasteiger partial charge in [0, 0.05) is 12.6 Å². The Hall–Kier alpha value is 0.250. The Bertz CT molecular complexity index is 316. The summed E-state index contributed by atoms with van der Waals surface area (Å²) in [5.74, 6) is 0. The highest BCUT2D eigenvalue weighted by Gasteiger charge is 2.20. The quantitative estimate of drug-likeness (QED) is 0.271. The first-order valence-electron chi connectivity index (χ1n) is 3.58. The van der Waals surface area contributed by atoms with Crippen LogP contribution in [0.2, 0.25) is 0 Å². The molecule has 17 heteroatoms. The molecule has 0 aliphatic heterocycles. The highest BCUT2D eigenvalue weighted by Crippen LogP contribution is 2.40. The minimum Gasteiger partial charge on any atom is -0.810 e. The fraction of sp³-hybridized carbons (Fsp3) is 1.00. The average molecular weight is 367 g/mol. The Morgan fingerprint density at radius 2 is 0.950 bits per heavy atom. The van der Waals surface area contributed by atoms with Crippen LogP contribution in [0, 0.1) is 0 Å². The van der Waals surface area contributed by atoms with Gasteiger partial charge in [0.15, 0.2) is 0 Å². The first-order chi connectivity index (χ1) is 6.79. The molecule has 0 aromatic rings. The van der Waals surface area contributed by atoms with Crippen LogP contribution in [0.4, 0.5) is 0 Å². The van der Waals surface area contributed by atoms with Crippen LogP contribution >= 0.6 is 22.8 Å². The number of rotatable bonds is 6. The van der Waals surface area contributed by atoms with Gasteiger partial charge in [0.05, 0.1) is 0 Å². The van der Waals surface area contributed by atoms with Gasteiger partial charge in [-0.2, -0.15) is 0 Å². The fourth-order valence-electron chi connectivity index (χ4n) is 0.885. The second-order valence-electron chi connectivity index (χ2n) is 2.98. The zero-order valence-corrected chi connectivity index (χ0v) is 14.3. The number of hydrogen-bond acceptors (Lipinski definition) is 8. The molecule has 14 nitrogen and oxygen atoms in total. The van der Waals surface area contributed by atoms with Crippen molar-refractivity contribution in [2.24, 2.45) is 0 Å². The van der Waals surface area contributed by atoms with Crippen LogP contribution in [-0.4, -0.2) is 33.5 Å². The van der Waals surface area contributed by atoms with E-state index in [-0.39, 0.29) is 29.5 Å². The largest absolute Gasteiger partial charge is 0.810 e. The molecule has 0 aliphatic rings. The van der Waals surface area contributed by atoms with Crippen molar-refractivity contribution in [2.45, 2.75) is 0 Å². The molecule has 0 saturated carbocycles. The normalized spacial score (nSPS) is 11.6. The maximum absolute atomic E-state index is 10.5. The van der Waals surface area contributed by atoms with Crippen molar-refractivity contribution in [1.29, 1.82) is 0 Å². The third-order valence-electron chi connectivity index (χ3n) is 1.13. The minimum atomic E-state index is -5.21.